The van der Waals surface area contributed by atoms with Gasteiger partial charge in [0.1, 0.15) is 61.0 Å². The third kappa shape index (κ3) is 6.57. The van der Waals surface area contributed by atoms with E-state index in [2.05, 4.69) is 0 Å². The van der Waals surface area contributed by atoms with Crippen LogP contribution < -0.4 is 0 Å². The molecule has 234 valence electrons. The van der Waals surface area contributed by atoms with Gasteiger partial charge < -0.3 is 85.0 Å². The van der Waals surface area contributed by atoms with Gasteiger partial charge in [0.15, 0.2) is 12.6 Å². The normalized spacial score (nSPS) is 48.0. The molecule has 18 heteroatoms. The number of rotatable bonds is 10. The van der Waals surface area contributed by atoms with Crippen molar-refractivity contribution in [2.45, 2.75) is 105 Å². The lowest BCUT2D eigenvalue weighted by atomic mass is 9.84. The van der Waals surface area contributed by atoms with Gasteiger partial charge in [-0.1, -0.05) is 6.92 Å². The van der Waals surface area contributed by atoms with Crippen molar-refractivity contribution in [1.82, 2.24) is 0 Å². The molecule has 3 aliphatic heterocycles. The van der Waals surface area contributed by atoms with E-state index < -0.39 is 130 Å². The van der Waals surface area contributed by atoms with Crippen molar-refractivity contribution in [2.24, 2.45) is 5.92 Å². The third-order valence-electron chi connectivity index (χ3n) is 7.45. The zero-order valence-electron chi connectivity index (χ0n) is 21.3. The predicted octanol–water partition coefficient (Wildman–Crippen LogP) is -7.09. The standard InChI is InChI=1S/C22H38O18/c1-6-7(25)2-22(21(34)35,40-17(6)11(27)8(26)3-23)36-5-10-12(28)13(29)16(32)20(38-10)39-18-9(4-24)37-19(33)15(31)14(18)30/h6-20,23-33H,2-5H2,1H3,(H,34,35)/t6-,7-,8-,9?,10?,11-,12+,13+,14-,15?,16?,17?,18-,19-,20+,22-/m1/s1. The monoisotopic (exact) mass is 590 g/mol. The first-order valence-electron chi connectivity index (χ1n) is 12.5. The van der Waals surface area contributed by atoms with Crippen LogP contribution in [0.3, 0.4) is 0 Å². The van der Waals surface area contributed by atoms with Gasteiger partial charge in [0.2, 0.25) is 0 Å². The highest BCUT2D eigenvalue weighted by Gasteiger charge is 2.56. The molecular weight excluding hydrogens is 552 g/mol. The smallest absolute Gasteiger partial charge is 0.364 e. The Morgan fingerprint density at radius 2 is 1.57 bits per heavy atom. The van der Waals surface area contributed by atoms with Crippen LogP contribution in [0.5, 0.6) is 0 Å². The van der Waals surface area contributed by atoms with Gasteiger partial charge in [-0.25, -0.2) is 4.79 Å². The Hall–Kier alpha value is -1.17. The average Bonchev–Trinajstić information content (AvgIpc) is 2.93. The van der Waals surface area contributed by atoms with E-state index in [-0.39, 0.29) is 0 Å². The summed E-state index contributed by atoms with van der Waals surface area (Å²) in [5, 5.41) is 120. The lowest BCUT2D eigenvalue weighted by Crippen LogP contribution is -2.65. The number of carboxylic acids is 1. The molecule has 0 aliphatic carbocycles. The number of aliphatic carboxylic acids is 1. The fourth-order valence-electron chi connectivity index (χ4n) is 4.83. The second-order valence-corrected chi connectivity index (χ2v) is 10.2. The van der Waals surface area contributed by atoms with Crippen molar-refractivity contribution in [3.05, 3.63) is 0 Å². The van der Waals surface area contributed by atoms with Crippen LogP contribution in [0.2, 0.25) is 0 Å². The highest BCUT2D eigenvalue weighted by Crippen LogP contribution is 2.37. The molecule has 0 bridgehead atoms. The number of ether oxygens (including phenoxy) is 5. The summed E-state index contributed by atoms with van der Waals surface area (Å²) < 4.78 is 26.7. The average molecular weight is 591 g/mol. The summed E-state index contributed by atoms with van der Waals surface area (Å²) in [5.74, 6) is -5.35. The fraction of sp³-hybridized carbons (Fsp3) is 0.955. The molecule has 3 fully saturated rings. The molecule has 0 saturated carbocycles. The molecule has 3 rings (SSSR count). The van der Waals surface area contributed by atoms with E-state index in [0.717, 1.165) is 0 Å². The molecule has 18 nitrogen and oxygen atoms in total. The van der Waals surface area contributed by atoms with Crippen LogP contribution in [-0.4, -0.2) is 179 Å². The summed E-state index contributed by atoms with van der Waals surface area (Å²) >= 11 is 0. The summed E-state index contributed by atoms with van der Waals surface area (Å²) in [6.45, 7) is -1.19. The van der Waals surface area contributed by atoms with Gasteiger partial charge in [0.05, 0.1) is 32.0 Å². The van der Waals surface area contributed by atoms with Crippen molar-refractivity contribution < 1.29 is 89.8 Å². The minimum atomic E-state index is -2.66. The first kappa shape index (κ1) is 33.3. The molecule has 0 aromatic carbocycles. The molecule has 3 aliphatic rings. The van der Waals surface area contributed by atoms with Crippen LogP contribution in [0.15, 0.2) is 0 Å². The van der Waals surface area contributed by atoms with Gasteiger partial charge >= 0.3 is 5.97 Å². The van der Waals surface area contributed by atoms with E-state index >= 15 is 0 Å². The lowest BCUT2D eigenvalue weighted by molar-refractivity contribution is -0.365. The zero-order valence-corrected chi connectivity index (χ0v) is 21.3. The second kappa shape index (κ2) is 13.4. The first-order chi connectivity index (χ1) is 18.7. The minimum absolute atomic E-state index is 0.681. The van der Waals surface area contributed by atoms with Gasteiger partial charge in [-0.05, 0) is 0 Å². The molecule has 0 radical (unpaired) electrons. The van der Waals surface area contributed by atoms with Gasteiger partial charge in [-0.2, -0.15) is 0 Å². The van der Waals surface area contributed by atoms with E-state index in [9.17, 15) is 61.0 Å². The Labute approximate surface area is 227 Å². The molecular formula is C22H38O18. The van der Waals surface area contributed by atoms with Gasteiger partial charge in [-0.15, -0.1) is 0 Å². The summed E-state index contributed by atoms with van der Waals surface area (Å²) in [6, 6.07) is 0. The van der Waals surface area contributed by atoms with Crippen LogP contribution in [0, 0.1) is 5.92 Å². The minimum Gasteiger partial charge on any atom is -0.477 e. The van der Waals surface area contributed by atoms with Crippen LogP contribution in [0.1, 0.15) is 13.3 Å². The lowest BCUT2D eigenvalue weighted by Gasteiger charge is -2.47. The van der Waals surface area contributed by atoms with Gasteiger partial charge in [0, 0.05) is 12.3 Å². The summed E-state index contributed by atoms with van der Waals surface area (Å²) in [6.07, 6.45) is -25.3. The highest BCUT2D eigenvalue weighted by atomic mass is 16.8. The van der Waals surface area contributed by atoms with Crippen LogP contribution >= 0.6 is 0 Å². The molecule has 3 saturated heterocycles. The maximum atomic E-state index is 12.2. The SMILES string of the molecule is C[C@H]1C([C@H](O)[C@H](O)CO)O[C@@](OCC2O[C@@H](O[C@@H]3C(CO)O[C@@H](O)C(O)[C@H]3O)C(O)[C@@H](O)[C@H]2O)(C(=O)O)C[C@H]1O. The summed E-state index contributed by atoms with van der Waals surface area (Å²) in [5.41, 5.74) is 0. The zero-order chi connectivity index (χ0) is 30.1. The number of aliphatic hydroxyl groups excluding tert-OH is 11. The maximum Gasteiger partial charge on any atom is 0.364 e. The molecule has 40 heavy (non-hydrogen) atoms. The molecule has 0 aromatic rings. The number of hydrogen-bond acceptors (Lipinski definition) is 17. The number of carboxylic acid groups (broad SMARTS) is 1. The maximum absolute atomic E-state index is 12.2. The van der Waals surface area contributed by atoms with Crippen molar-refractivity contribution >= 4 is 5.97 Å². The van der Waals surface area contributed by atoms with E-state index in [1.54, 1.807) is 0 Å². The third-order valence-corrected chi connectivity index (χ3v) is 7.45. The number of hydrogen-bond donors (Lipinski definition) is 12. The van der Waals surface area contributed by atoms with Crippen LogP contribution in [0.4, 0.5) is 0 Å². The largest absolute Gasteiger partial charge is 0.477 e. The number of carbonyl (C=O) groups is 1. The summed E-state index contributed by atoms with van der Waals surface area (Å²) in [7, 11) is 0. The van der Waals surface area contributed by atoms with Crippen LogP contribution in [-0.2, 0) is 28.5 Å². The predicted molar refractivity (Wildman–Crippen MR) is 122 cm³/mol. The van der Waals surface area contributed by atoms with Gasteiger partial charge in [0.25, 0.3) is 5.79 Å². The molecule has 0 aromatic heterocycles. The fourth-order valence-corrected chi connectivity index (χ4v) is 4.83. The van der Waals surface area contributed by atoms with Crippen molar-refractivity contribution in [3.8, 4) is 0 Å². The second-order valence-electron chi connectivity index (χ2n) is 10.2. The van der Waals surface area contributed by atoms with Crippen molar-refractivity contribution in [2.75, 3.05) is 19.8 Å². The Bertz CT molecular complexity index is 832. The Balaban J connectivity index is 1.77. The van der Waals surface area contributed by atoms with Crippen LogP contribution in [0.25, 0.3) is 0 Å². The quantitative estimate of drug-likeness (QED) is 0.112. The topological polar surface area (TPSA) is 306 Å². The Morgan fingerprint density at radius 3 is 2.15 bits per heavy atom. The molecule has 16 atom stereocenters. The molecule has 3 heterocycles. The highest BCUT2D eigenvalue weighted by molar-refractivity contribution is 5.76. The molecule has 0 amide bonds. The summed E-state index contributed by atoms with van der Waals surface area (Å²) in [4.78, 5) is 12.2. The van der Waals surface area contributed by atoms with E-state index in [1.165, 1.54) is 6.92 Å². The van der Waals surface area contributed by atoms with E-state index in [1.807, 2.05) is 0 Å². The van der Waals surface area contributed by atoms with Gasteiger partial charge in [-0.3, -0.25) is 0 Å². The molecule has 0 spiro atoms. The van der Waals surface area contributed by atoms with E-state index in [4.69, 9.17) is 28.8 Å². The van der Waals surface area contributed by atoms with Crippen molar-refractivity contribution in [1.29, 1.82) is 0 Å². The first-order valence-corrected chi connectivity index (χ1v) is 12.5. The van der Waals surface area contributed by atoms with Crippen molar-refractivity contribution in [3.63, 3.8) is 0 Å². The molecule has 5 unspecified atom stereocenters. The Morgan fingerprint density at radius 1 is 0.925 bits per heavy atom. The number of aliphatic hydroxyl groups is 11. The molecule has 12 N–H and O–H groups in total. The van der Waals surface area contributed by atoms with E-state index in [0.29, 0.717) is 0 Å². The Kier molecular flexibility index (Phi) is 11.2.